The number of benzene rings is 1. The number of nitrogens with two attached hydrogens (primary N) is 1. The van der Waals surface area contributed by atoms with Gasteiger partial charge < -0.3 is 15.8 Å². The summed E-state index contributed by atoms with van der Waals surface area (Å²) < 4.78 is 5.87. The van der Waals surface area contributed by atoms with E-state index < -0.39 is 0 Å². The van der Waals surface area contributed by atoms with Gasteiger partial charge in [-0.3, -0.25) is 4.79 Å². The first-order valence-corrected chi connectivity index (χ1v) is 7.80. The lowest BCUT2D eigenvalue weighted by molar-refractivity contribution is -0.118. The number of carbonyl (C=O) groups is 1. The number of ether oxygens (including phenoxy) is 1. The van der Waals surface area contributed by atoms with Crippen molar-refractivity contribution in [3.63, 3.8) is 0 Å². The van der Waals surface area contributed by atoms with Crippen LogP contribution in [-0.2, 0) is 9.53 Å². The topological polar surface area (TPSA) is 64.3 Å². The fraction of sp³-hybridized carbons (Fsp3) is 0.588. The molecule has 0 radical (unpaired) electrons. The molecule has 2 atom stereocenters. The van der Waals surface area contributed by atoms with E-state index in [2.05, 4.69) is 19.2 Å². The smallest absolute Gasteiger partial charge is 0.226 e. The highest BCUT2D eigenvalue weighted by Gasteiger charge is 2.24. The molecule has 21 heavy (non-hydrogen) atoms. The SMILES string of the molecule is CC1CC(C)CC(OCCC(=O)Nc2cccc(N)c2)C1. The normalized spacial score (nSPS) is 25.5. The summed E-state index contributed by atoms with van der Waals surface area (Å²) in [4.78, 5) is 11.9. The highest BCUT2D eigenvalue weighted by atomic mass is 16.5. The molecule has 116 valence electrons. The van der Waals surface area contributed by atoms with Gasteiger partial charge in [0.1, 0.15) is 0 Å². The molecule has 1 aliphatic carbocycles. The van der Waals surface area contributed by atoms with Crippen molar-refractivity contribution in [3.8, 4) is 0 Å². The van der Waals surface area contributed by atoms with Gasteiger partial charge in [0.05, 0.1) is 19.1 Å². The van der Waals surface area contributed by atoms with Crippen LogP contribution >= 0.6 is 0 Å². The van der Waals surface area contributed by atoms with Crippen LogP contribution in [0.3, 0.4) is 0 Å². The quantitative estimate of drug-likeness (QED) is 0.816. The summed E-state index contributed by atoms with van der Waals surface area (Å²) in [5.41, 5.74) is 7.07. The van der Waals surface area contributed by atoms with Gasteiger partial charge in [-0.2, -0.15) is 0 Å². The lowest BCUT2D eigenvalue weighted by Gasteiger charge is -2.31. The molecule has 2 rings (SSSR count). The molecular weight excluding hydrogens is 264 g/mol. The first kappa shape index (κ1) is 15.8. The van der Waals surface area contributed by atoms with Crippen molar-refractivity contribution < 1.29 is 9.53 Å². The molecule has 4 nitrogen and oxygen atoms in total. The van der Waals surface area contributed by atoms with Gasteiger partial charge in [-0.25, -0.2) is 0 Å². The Bertz CT molecular complexity index is 466. The van der Waals surface area contributed by atoms with Crippen molar-refractivity contribution in [2.45, 2.75) is 45.6 Å². The largest absolute Gasteiger partial charge is 0.399 e. The van der Waals surface area contributed by atoms with Gasteiger partial charge in [0.25, 0.3) is 0 Å². The average molecular weight is 290 g/mol. The molecule has 2 unspecified atom stereocenters. The van der Waals surface area contributed by atoms with Crippen LogP contribution in [0.15, 0.2) is 24.3 Å². The maximum Gasteiger partial charge on any atom is 0.226 e. The number of nitrogen functional groups attached to an aromatic ring is 1. The van der Waals surface area contributed by atoms with Crippen LogP contribution in [0, 0.1) is 11.8 Å². The zero-order valence-electron chi connectivity index (χ0n) is 13.0. The van der Waals surface area contributed by atoms with Crippen molar-refractivity contribution in [2.24, 2.45) is 11.8 Å². The fourth-order valence-corrected chi connectivity index (χ4v) is 3.17. The molecule has 1 aromatic carbocycles. The van der Waals surface area contributed by atoms with Crippen molar-refractivity contribution in [2.75, 3.05) is 17.7 Å². The Morgan fingerprint density at radius 1 is 1.29 bits per heavy atom. The maximum atomic E-state index is 11.9. The molecule has 0 bridgehead atoms. The van der Waals surface area contributed by atoms with Gasteiger partial charge in [-0.1, -0.05) is 19.9 Å². The van der Waals surface area contributed by atoms with Gasteiger partial charge in [-0.05, 0) is 49.3 Å². The number of carbonyl (C=O) groups excluding carboxylic acids is 1. The van der Waals surface area contributed by atoms with Gasteiger partial charge in [0.15, 0.2) is 0 Å². The van der Waals surface area contributed by atoms with E-state index in [1.54, 1.807) is 12.1 Å². The predicted molar refractivity (Wildman–Crippen MR) is 86.0 cm³/mol. The highest BCUT2D eigenvalue weighted by molar-refractivity contribution is 5.91. The summed E-state index contributed by atoms with van der Waals surface area (Å²) in [7, 11) is 0. The monoisotopic (exact) mass is 290 g/mol. The zero-order valence-corrected chi connectivity index (χ0v) is 13.0. The standard InChI is InChI=1S/C17H26N2O2/c1-12-8-13(2)10-16(9-12)21-7-6-17(20)19-15-5-3-4-14(18)11-15/h3-5,11-13,16H,6-10,18H2,1-2H3,(H,19,20). The third kappa shape index (κ3) is 5.38. The van der Waals surface area contributed by atoms with E-state index in [-0.39, 0.29) is 5.91 Å². The second-order valence-electron chi connectivity index (χ2n) is 6.33. The van der Waals surface area contributed by atoms with Crippen molar-refractivity contribution in [3.05, 3.63) is 24.3 Å². The number of nitrogens with one attached hydrogen (secondary N) is 1. The summed E-state index contributed by atoms with van der Waals surface area (Å²) in [5, 5.41) is 2.84. The van der Waals surface area contributed by atoms with Crippen LogP contribution in [-0.4, -0.2) is 18.6 Å². The summed E-state index contributed by atoms with van der Waals surface area (Å²) >= 11 is 0. The van der Waals surface area contributed by atoms with Crippen LogP contribution in [0.25, 0.3) is 0 Å². The number of hydrogen-bond acceptors (Lipinski definition) is 3. The Hall–Kier alpha value is -1.55. The third-order valence-corrected chi connectivity index (χ3v) is 3.99. The minimum Gasteiger partial charge on any atom is -0.399 e. The van der Waals surface area contributed by atoms with Crippen LogP contribution in [0.2, 0.25) is 0 Å². The van der Waals surface area contributed by atoms with Crippen molar-refractivity contribution >= 4 is 17.3 Å². The van der Waals surface area contributed by atoms with Gasteiger partial charge in [0, 0.05) is 11.4 Å². The van der Waals surface area contributed by atoms with Gasteiger partial charge in [-0.15, -0.1) is 0 Å². The molecule has 1 fully saturated rings. The Kier molecular flexibility index (Phi) is 5.62. The second-order valence-corrected chi connectivity index (χ2v) is 6.33. The number of rotatable bonds is 5. The molecule has 0 aromatic heterocycles. The first-order chi connectivity index (χ1) is 10.0. The molecule has 4 heteroatoms. The molecule has 1 aromatic rings. The molecule has 0 spiro atoms. The molecule has 3 N–H and O–H groups in total. The summed E-state index contributed by atoms with van der Waals surface area (Å²) in [6.07, 6.45) is 4.20. The average Bonchev–Trinajstić information content (AvgIpc) is 2.37. The Labute approximate surface area is 127 Å². The van der Waals surface area contributed by atoms with E-state index in [0.29, 0.717) is 24.8 Å². The minimum absolute atomic E-state index is 0.0301. The summed E-state index contributed by atoms with van der Waals surface area (Å²) in [6.45, 7) is 5.04. The molecular formula is C17H26N2O2. The highest BCUT2D eigenvalue weighted by Crippen LogP contribution is 2.30. The van der Waals surface area contributed by atoms with E-state index in [1.807, 2.05) is 12.1 Å². The van der Waals surface area contributed by atoms with Crippen LogP contribution < -0.4 is 11.1 Å². The van der Waals surface area contributed by atoms with Gasteiger partial charge in [0.2, 0.25) is 5.91 Å². The van der Waals surface area contributed by atoms with Crippen LogP contribution in [0.1, 0.15) is 39.5 Å². The predicted octanol–water partition coefficient (Wildman–Crippen LogP) is 3.44. The minimum atomic E-state index is -0.0301. The molecule has 0 aliphatic heterocycles. The number of hydrogen-bond donors (Lipinski definition) is 2. The van der Waals surface area contributed by atoms with E-state index >= 15 is 0 Å². The van der Waals surface area contributed by atoms with E-state index in [1.165, 1.54) is 6.42 Å². The third-order valence-electron chi connectivity index (χ3n) is 3.99. The Morgan fingerprint density at radius 3 is 2.67 bits per heavy atom. The summed E-state index contributed by atoms with van der Waals surface area (Å²) in [5.74, 6) is 1.41. The fourth-order valence-electron chi connectivity index (χ4n) is 3.17. The molecule has 1 amide bonds. The Morgan fingerprint density at radius 2 is 2.00 bits per heavy atom. The van der Waals surface area contributed by atoms with Crippen LogP contribution in [0.4, 0.5) is 11.4 Å². The van der Waals surface area contributed by atoms with E-state index in [9.17, 15) is 4.79 Å². The molecule has 1 aliphatic rings. The second kappa shape index (κ2) is 7.46. The van der Waals surface area contributed by atoms with Crippen molar-refractivity contribution in [1.82, 2.24) is 0 Å². The molecule has 0 saturated heterocycles. The van der Waals surface area contributed by atoms with E-state index in [4.69, 9.17) is 10.5 Å². The maximum absolute atomic E-state index is 11.9. The van der Waals surface area contributed by atoms with E-state index in [0.717, 1.165) is 30.4 Å². The number of anilines is 2. The zero-order chi connectivity index (χ0) is 15.2. The lowest BCUT2D eigenvalue weighted by atomic mass is 9.82. The number of amides is 1. The van der Waals surface area contributed by atoms with Gasteiger partial charge >= 0.3 is 0 Å². The van der Waals surface area contributed by atoms with Crippen LogP contribution in [0.5, 0.6) is 0 Å². The van der Waals surface area contributed by atoms with Crippen molar-refractivity contribution in [1.29, 1.82) is 0 Å². The molecule has 0 heterocycles. The summed E-state index contributed by atoms with van der Waals surface area (Å²) in [6, 6.07) is 7.21. The lowest BCUT2D eigenvalue weighted by Crippen LogP contribution is -2.27. The first-order valence-electron chi connectivity index (χ1n) is 7.80. The molecule has 1 saturated carbocycles. The Balaban J connectivity index is 1.69.